The molecule has 1 fully saturated rings. The third-order valence-electron chi connectivity index (χ3n) is 3.80. The topological polar surface area (TPSA) is 84.9 Å². The van der Waals surface area contributed by atoms with Crippen LogP contribution in [0.3, 0.4) is 0 Å². The molecule has 1 saturated carbocycles. The van der Waals surface area contributed by atoms with Crippen LogP contribution in [0.2, 0.25) is 0 Å². The molecule has 1 aliphatic carbocycles. The maximum absolute atomic E-state index is 12.0. The van der Waals surface area contributed by atoms with Crippen molar-refractivity contribution in [1.82, 2.24) is 9.62 Å². The number of nitrogens with zero attached hydrogens (tertiary/aromatic N) is 1. The van der Waals surface area contributed by atoms with Crippen LogP contribution in [-0.4, -0.2) is 44.3 Å². The molecule has 2 aliphatic rings. The van der Waals surface area contributed by atoms with Crippen LogP contribution in [0.1, 0.15) is 24.8 Å². The molecular formula is C15H20N2O5S. The molecule has 1 aromatic rings. The lowest BCUT2D eigenvalue weighted by molar-refractivity contribution is -0.121. The van der Waals surface area contributed by atoms with Crippen molar-refractivity contribution < 1.29 is 22.7 Å². The average molecular weight is 340 g/mol. The van der Waals surface area contributed by atoms with Gasteiger partial charge in [0, 0.05) is 25.6 Å². The molecule has 3 rings (SSSR count). The van der Waals surface area contributed by atoms with Crippen LogP contribution in [0, 0.1) is 0 Å². The van der Waals surface area contributed by atoms with E-state index in [-0.39, 0.29) is 38.3 Å². The maximum atomic E-state index is 12.0. The highest BCUT2D eigenvalue weighted by molar-refractivity contribution is 7.88. The largest absolute Gasteiger partial charge is 0.454 e. The van der Waals surface area contributed by atoms with Crippen LogP contribution in [0.25, 0.3) is 0 Å². The van der Waals surface area contributed by atoms with Crippen LogP contribution < -0.4 is 14.8 Å². The summed E-state index contributed by atoms with van der Waals surface area (Å²) in [5.41, 5.74) is 0.794. The van der Waals surface area contributed by atoms with E-state index in [1.54, 1.807) is 18.2 Å². The van der Waals surface area contributed by atoms with E-state index in [0.29, 0.717) is 11.5 Å². The van der Waals surface area contributed by atoms with E-state index in [9.17, 15) is 13.2 Å². The first kappa shape index (κ1) is 16.1. The van der Waals surface area contributed by atoms with Crippen molar-refractivity contribution in [2.45, 2.75) is 31.8 Å². The Labute approximate surface area is 135 Å². The Hall–Kier alpha value is -1.80. The summed E-state index contributed by atoms with van der Waals surface area (Å²) in [6.45, 7) is 0.536. The number of amides is 1. The first-order valence-corrected chi connectivity index (χ1v) is 9.39. The van der Waals surface area contributed by atoms with Crippen LogP contribution in [0.15, 0.2) is 18.2 Å². The molecule has 0 bridgehead atoms. The minimum Gasteiger partial charge on any atom is -0.454 e. The van der Waals surface area contributed by atoms with E-state index in [1.165, 1.54) is 4.31 Å². The number of benzene rings is 1. The summed E-state index contributed by atoms with van der Waals surface area (Å²) in [5, 5.41) is 2.86. The normalized spacial score (nSPS) is 16.6. The van der Waals surface area contributed by atoms with Gasteiger partial charge >= 0.3 is 0 Å². The minimum atomic E-state index is -3.40. The molecule has 8 heteroatoms. The molecule has 23 heavy (non-hydrogen) atoms. The molecular weight excluding hydrogens is 320 g/mol. The van der Waals surface area contributed by atoms with Crippen molar-refractivity contribution in [3.63, 3.8) is 0 Å². The van der Waals surface area contributed by atoms with Crippen molar-refractivity contribution in [2.75, 3.05) is 19.6 Å². The highest BCUT2D eigenvalue weighted by Crippen LogP contribution is 2.33. The molecule has 0 atom stereocenters. The van der Waals surface area contributed by atoms with Crippen molar-refractivity contribution in [3.8, 4) is 11.5 Å². The van der Waals surface area contributed by atoms with Gasteiger partial charge in [-0.25, -0.2) is 8.42 Å². The average Bonchev–Trinajstić information content (AvgIpc) is 3.16. The predicted molar refractivity (Wildman–Crippen MR) is 83.6 cm³/mol. The first-order chi connectivity index (χ1) is 10.9. The highest BCUT2D eigenvalue weighted by Gasteiger charge is 2.25. The van der Waals surface area contributed by atoms with E-state index in [1.807, 2.05) is 0 Å². The number of carbonyl (C=O) groups excluding carboxylic acids is 1. The molecule has 126 valence electrons. The van der Waals surface area contributed by atoms with Gasteiger partial charge in [-0.3, -0.25) is 4.79 Å². The monoisotopic (exact) mass is 340 g/mol. The number of ether oxygens (including phenoxy) is 2. The second kappa shape index (κ2) is 6.37. The van der Waals surface area contributed by atoms with E-state index in [4.69, 9.17) is 9.47 Å². The Morgan fingerprint density at radius 1 is 1.30 bits per heavy atom. The van der Waals surface area contributed by atoms with Crippen molar-refractivity contribution in [1.29, 1.82) is 0 Å². The van der Waals surface area contributed by atoms with Gasteiger partial charge in [-0.2, -0.15) is 4.31 Å². The van der Waals surface area contributed by atoms with Crippen LogP contribution in [-0.2, 0) is 21.4 Å². The van der Waals surface area contributed by atoms with E-state index in [2.05, 4.69) is 5.32 Å². The van der Waals surface area contributed by atoms with Crippen LogP contribution in [0.5, 0.6) is 11.5 Å². The highest BCUT2D eigenvalue weighted by atomic mass is 32.2. The minimum absolute atomic E-state index is 0.105. The van der Waals surface area contributed by atoms with Gasteiger partial charge in [-0.05, 0) is 30.5 Å². The number of rotatable bonds is 7. The number of fused-ring (bicyclic) bond motifs is 1. The zero-order valence-corrected chi connectivity index (χ0v) is 13.8. The summed E-state index contributed by atoms with van der Waals surface area (Å²) >= 11 is 0. The van der Waals surface area contributed by atoms with Gasteiger partial charge < -0.3 is 14.8 Å². The fourth-order valence-electron chi connectivity index (χ4n) is 2.36. The Bertz CT molecular complexity index is 700. The molecule has 1 aliphatic heterocycles. The fraction of sp³-hybridized carbons (Fsp3) is 0.533. The quantitative estimate of drug-likeness (QED) is 0.795. The zero-order valence-electron chi connectivity index (χ0n) is 12.9. The Morgan fingerprint density at radius 3 is 2.74 bits per heavy atom. The third kappa shape index (κ3) is 4.35. The van der Waals surface area contributed by atoms with Crippen molar-refractivity contribution >= 4 is 15.9 Å². The predicted octanol–water partition coefficient (Wildman–Crippen LogP) is 0.846. The molecule has 0 radical (unpaired) electrons. The number of sulfonamides is 1. The lowest BCUT2D eigenvalue weighted by Gasteiger charge is -2.20. The molecule has 1 amide bonds. The summed E-state index contributed by atoms with van der Waals surface area (Å²) in [6.07, 6.45) is 3.34. The van der Waals surface area contributed by atoms with Gasteiger partial charge in [0.05, 0.1) is 6.26 Å². The molecule has 1 N–H and O–H groups in total. The second-order valence-corrected chi connectivity index (χ2v) is 7.86. The van der Waals surface area contributed by atoms with E-state index < -0.39 is 10.0 Å². The van der Waals surface area contributed by atoms with Gasteiger partial charge in [-0.1, -0.05) is 6.07 Å². The Morgan fingerprint density at radius 2 is 2.04 bits per heavy atom. The fourth-order valence-corrected chi connectivity index (χ4v) is 3.17. The van der Waals surface area contributed by atoms with Crippen molar-refractivity contribution in [3.05, 3.63) is 23.8 Å². The van der Waals surface area contributed by atoms with Crippen LogP contribution in [0.4, 0.5) is 0 Å². The van der Waals surface area contributed by atoms with Gasteiger partial charge in [0.2, 0.25) is 22.7 Å². The summed E-state index contributed by atoms with van der Waals surface area (Å²) in [5.74, 6) is 1.16. The van der Waals surface area contributed by atoms with Gasteiger partial charge in [0.15, 0.2) is 11.5 Å². The lowest BCUT2D eigenvalue weighted by atomic mass is 10.2. The number of hydrogen-bond donors (Lipinski definition) is 1. The summed E-state index contributed by atoms with van der Waals surface area (Å²) in [6, 6.07) is 5.61. The smallest absolute Gasteiger partial charge is 0.231 e. The Balaban J connectivity index is 1.63. The Kier molecular flexibility index (Phi) is 4.45. The van der Waals surface area contributed by atoms with E-state index >= 15 is 0 Å². The molecule has 0 saturated heterocycles. The maximum Gasteiger partial charge on any atom is 0.231 e. The molecule has 0 unspecified atom stereocenters. The van der Waals surface area contributed by atoms with Gasteiger partial charge in [0.1, 0.15) is 0 Å². The first-order valence-electron chi connectivity index (χ1n) is 7.55. The molecule has 7 nitrogen and oxygen atoms in total. The standard InChI is InChI=1S/C15H20N2O5S/c1-23(19,20)17(7-6-15(18)16-12-3-4-12)9-11-2-5-13-14(8-11)22-10-21-13/h2,5,8,12H,3-4,6-7,9-10H2,1H3,(H,16,18). The number of carbonyl (C=O) groups is 1. The van der Waals surface area contributed by atoms with E-state index in [0.717, 1.165) is 24.7 Å². The summed E-state index contributed by atoms with van der Waals surface area (Å²) in [7, 11) is -3.40. The van der Waals surface area contributed by atoms with Gasteiger partial charge in [-0.15, -0.1) is 0 Å². The SMILES string of the molecule is CS(=O)(=O)N(CCC(=O)NC1CC1)Cc1ccc2c(c1)OCO2. The summed E-state index contributed by atoms with van der Waals surface area (Å²) in [4.78, 5) is 11.8. The molecule has 1 aromatic carbocycles. The number of hydrogen-bond acceptors (Lipinski definition) is 5. The van der Waals surface area contributed by atoms with Crippen molar-refractivity contribution in [2.24, 2.45) is 0 Å². The lowest BCUT2D eigenvalue weighted by Crippen LogP contribution is -2.34. The number of nitrogens with one attached hydrogen (secondary N) is 1. The summed E-state index contributed by atoms with van der Waals surface area (Å²) < 4.78 is 35.8. The third-order valence-corrected chi connectivity index (χ3v) is 5.05. The molecule has 0 spiro atoms. The van der Waals surface area contributed by atoms with Gasteiger partial charge in [0.25, 0.3) is 0 Å². The van der Waals surface area contributed by atoms with Crippen LogP contribution >= 0.6 is 0 Å². The zero-order chi connectivity index (χ0) is 16.4. The molecule has 1 heterocycles. The second-order valence-electron chi connectivity index (χ2n) is 5.88. The molecule has 0 aromatic heterocycles.